The van der Waals surface area contributed by atoms with Gasteiger partial charge in [-0.2, -0.15) is 0 Å². The van der Waals surface area contributed by atoms with Gasteiger partial charge in [-0.3, -0.25) is 14.5 Å². The van der Waals surface area contributed by atoms with Gasteiger partial charge in [-0.1, -0.05) is 62.4 Å². The summed E-state index contributed by atoms with van der Waals surface area (Å²) in [4.78, 5) is 42.3. The third-order valence-electron chi connectivity index (χ3n) is 11.8. The third kappa shape index (κ3) is 4.38. The van der Waals surface area contributed by atoms with Crippen LogP contribution in [0.2, 0.25) is 0 Å². The summed E-state index contributed by atoms with van der Waals surface area (Å²) in [7, 11) is 0. The maximum Gasteiger partial charge on any atom is 0.414 e. The van der Waals surface area contributed by atoms with Crippen LogP contribution in [-0.4, -0.2) is 34.8 Å². The van der Waals surface area contributed by atoms with Crippen molar-refractivity contribution < 1.29 is 19.1 Å². The van der Waals surface area contributed by atoms with E-state index in [9.17, 15) is 14.4 Å². The molecule has 4 aliphatic carbocycles. The molecule has 226 valence electrons. The molecule has 2 saturated carbocycles. The number of allylic oxidation sites excluding steroid dienone is 2. The first-order chi connectivity index (χ1) is 20.4. The van der Waals surface area contributed by atoms with Gasteiger partial charge in [0.2, 0.25) is 5.91 Å². The molecule has 6 heteroatoms. The van der Waals surface area contributed by atoms with Crippen LogP contribution in [0, 0.1) is 34.5 Å². The number of nitrogens with one attached hydrogen (secondary N) is 1. The van der Waals surface area contributed by atoms with Crippen molar-refractivity contribution in [3.63, 3.8) is 0 Å². The number of hydrogen-bond acceptors (Lipinski definition) is 4. The van der Waals surface area contributed by atoms with Crippen LogP contribution in [0.25, 0.3) is 11.1 Å². The fourth-order valence-corrected chi connectivity index (χ4v) is 9.78. The number of piperidine rings is 1. The summed E-state index contributed by atoms with van der Waals surface area (Å²) < 4.78 is 5.88. The molecule has 5 aliphatic rings. The van der Waals surface area contributed by atoms with E-state index < -0.39 is 5.60 Å². The second kappa shape index (κ2) is 9.80. The quantitative estimate of drug-likeness (QED) is 0.401. The van der Waals surface area contributed by atoms with Crippen LogP contribution >= 0.6 is 0 Å². The first-order valence-electron chi connectivity index (χ1n) is 16.1. The summed E-state index contributed by atoms with van der Waals surface area (Å²) in [6, 6.07) is 16.7. The van der Waals surface area contributed by atoms with Gasteiger partial charge in [0.1, 0.15) is 5.60 Å². The summed E-state index contributed by atoms with van der Waals surface area (Å²) >= 11 is 0. The first kappa shape index (κ1) is 28.4. The molecule has 6 atom stereocenters. The summed E-state index contributed by atoms with van der Waals surface area (Å²) in [6.07, 6.45) is 6.45. The van der Waals surface area contributed by atoms with Crippen LogP contribution in [0.15, 0.2) is 60.3 Å². The van der Waals surface area contributed by atoms with E-state index in [1.165, 1.54) is 22.3 Å². The lowest BCUT2D eigenvalue weighted by atomic mass is 9.49. The molecule has 6 nitrogen and oxygen atoms in total. The lowest BCUT2D eigenvalue weighted by molar-refractivity contribution is -0.134. The Morgan fingerprint density at radius 1 is 0.907 bits per heavy atom. The molecule has 7 rings (SSSR count). The average Bonchev–Trinajstić information content (AvgIpc) is 3.47. The van der Waals surface area contributed by atoms with E-state index in [4.69, 9.17) is 4.74 Å². The number of carbonyl (C=O) groups is 3. The molecule has 0 radical (unpaired) electrons. The van der Waals surface area contributed by atoms with Gasteiger partial charge in [0.05, 0.1) is 6.04 Å². The van der Waals surface area contributed by atoms with Gasteiger partial charge < -0.3 is 10.1 Å². The summed E-state index contributed by atoms with van der Waals surface area (Å²) in [5.41, 5.74) is 4.54. The summed E-state index contributed by atoms with van der Waals surface area (Å²) in [5.74, 6) is 1.12. The lowest BCUT2D eigenvalue weighted by Gasteiger charge is -2.60. The number of benzene rings is 2. The van der Waals surface area contributed by atoms with Crippen molar-refractivity contribution in [1.29, 1.82) is 0 Å². The van der Waals surface area contributed by atoms with Gasteiger partial charge in [-0.05, 0) is 98.3 Å². The Balaban J connectivity index is 1.18. The Morgan fingerprint density at radius 2 is 1.56 bits per heavy atom. The molecule has 43 heavy (non-hydrogen) atoms. The smallest absolute Gasteiger partial charge is 0.414 e. The SMILES string of the molecule is CC(C)(C)OC(=O)N1C[C@@H]2[C@@H](CC[C@]3(C)C(C(=O)NC4c5ccccc5-c5ccccc54)CC[C@@H]23)[C@@]2(C)CCC(=O)C=C12. The van der Waals surface area contributed by atoms with E-state index in [2.05, 4.69) is 67.7 Å². The fourth-order valence-electron chi connectivity index (χ4n) is 9.78. The van der Waals surface area contributed by atoms with Crippen LogP contribution in [0.3, 0.4) is 0 Å². The van der Waals surface area contributed by atoms with Crippen molar-refractivity contribution >= 4 is 17.8 Å². The summed E-state index contributed by atoms with van der Waals surface area (Å²) in [6.45, 7) is 10.8. The Kier molecular flexibility index (Phi) is 6.47. The van der Waals surface area contributed by atoms with Crippen molar-refractivity contribution in [2.75, 3.05) is 6.54 Å². The molecule has 1 heterocycles. The molecule has 2 aromatic carbocycles. The second-order valence-electron chi connectivity index (χ2n) is 15.2. The molecule has 0 bridgehead atoms. The molecular weight excluding hydrogens is 536 g/mol. The molecule has 3 fully saturated rings. The highest BCUT2D eigenvalue weighted by molar-refractivity contribution is 5.92. The van der Waals surface area contributed by atoms with Crippen LogP contribution in [0.4, 0.5) is 4.79 Å². The van der Waals surface area contributed by atoms with Crippen LogP contribution in [0.1, 0.15) is 90.3 Å². The molecule has 0 spiro atoms. The standard InChI is InChI=1S/C37H44N2O4/c1-35(2,3)43-34(42)39-21-27-28-14-15-30(36(28,4)19-17-29(27)37(5)18-16-22(40)20-31(37)39)33(41)38-32-25-12-8-6-10-23(25)24-11-7-9-13-26(24)32/h6-13,20,27-30,32H,14-19,21H2,1-5H3,(H,38,41)/t27-,28-,29+,30?,36-,37+/m0/s1. The summed E-state index contributed by atoms with van der Waals surface area (Å²) in [5, 5.41) is 3.50. The van der Waals surface area contributed by atoms with E-state index in [0.717, 1.165) is 37.8 Å². The Labute approximate surface area is 255 Å². The number of carbonyl (C=O) groups excluding carboxylic acids is 3. The zero-order chi connectivity index (χ0) is 30.3. The Bertz CT molecular complexity index is 1490. The number of fused-ring (bicyclic) bond motifs is 8. The fraction of sp³-hybridized carbons (Fsp3) is 0.541. The van der Waals surface area contributed by atoms with E-state index in [-0.39, 0.29) is 46.5 Å². The van der Waals surface area contributed by atoms with Crippen LogP contribution in [-0.2, 0) is 14.3 Å². The Morgan fingerprint density at radius 3 is 2.21 bits per heavy atom. The zero-order valence-electron chi connectivity index (χ0n) is 26.1. The van der Waals surface area contributed by atoms with Crippen molar-refractivity contribution in [1.82, 2.24) is 10.2 Å². The first-order valence-corrected chi connectivity index (χ1v) is 16.1. The predicted molar refractivity (Wildman–Crippen MR) is 166 cm³/mol. The van der Waals surface area contributed by atoms with Gasteiger partial charge in [0, 0.05) is 36.1 Å². The highest BCUT2D eigenvalue weighted by Crippen LogP contribution is 2.65. The van der Waals surface area contributed by atoms with Gasteiger partial charge >= 0.3 is 6.09 Å². The molecule has 1 unspecified atom stereocenters. The topological polar surface area (TPSA) is 75.7 Å². The molecule has 2 aromatic rings. The largest absolute Gasteiger partial charge is 0.443 e. The number of amides is 2. The zero-order valence-corrected chi connectivity index (χ0v) is 26.1. The second-order valence-corrected chi connectivity index (χ2v) is 15.2. The number of rotatable bonds is 2. The van der Waals surface area contributed by atoms with Gasteiger partial charge in [0.15, 0.2) is 5.78 Å². The molecule has 1 aliphatic heterocycles. The molecule has 1 N–H and O–H groups in total. The Hall–Kier alpha value is -3.41. The van der Waals surface area contributed by atoms with Crippen LogP contribution in [0.5, 0.6) is 0 Å². The average molecular weight is 581 g/mol. The van der Waals surface area contributed by atoms with Crippen molar-refractivity contribution in [3.05, 3.63) is 71.4 Å². The minimum absolute atomic E-state index is 0.0778. The highest BCUT2D eigenvalue weighted by atomic mass is 16.6. The van der Waals surface area contributed by atoms with E-state index in [0.29, 0.717) is 24.8 Å². The van der Waals surface area contributed by atoms with Crippen molar-refractivity contribution in [2.24, 2.45) is 34.5 Å². The molecular formula is C37H44N2O4. The van der Waals surface area contributed by atoms with Gasteiger partial charge in [-0.25, -0.2) is 4.79 Å². The monoisotopic (exact) mass is 580 g/mol. The lowest BCUT2D eigenvalue weighted by Crippen LogP contribution is -2.59. The number of ether oxygens (including phenoxy) is 1. The van der Waals surface area contributed by atoms with E-state index >= 15 is 0 Å². The number of hydrogen-bond donors (Lipinski definition) is 1. The number of likely N-dealkylation sites (tertiary alicyclic amines) is 1. The minimum atomic E-state index is -0.626. The van der Waals surface area contributed by atoms with E-state index in [1.807, 2.05) is 20.8 Å². The third-order valence-corrected chi connectivity index (χ3v) is 11.8. The van der Waals surface area contributed by atoms with Gasteiger partial charge in [-0.15, -0.1) is 0 Å². The van der Waals surface area contributed by atoms with Crippen LogP contribution < -0.4 is 5.32 Å². The highest BCUT2D eigenvalue weighted by Gasteiger charge is 2.62. The number of ketones is 1. The normalized spacial score (nSPS) is 33.0. The van der Waals surface area contributed by atoms with E-state index in [1.54, 1.807) is 11.0 Å². The molecule has 0 aromatic heterocycles. The molecule has 2 amide bonds. The van der Waals surface area contributed by atoms with Crippen molar-refractivity contribution in [3.8, 4) is 11.1 Å². The van der Waals surface area contributed by atoms with Gasteiger partial charge in [0.25, 0.3) is 0 Å². The molecule has 1 saturated heterocycles. The maximum absolute atomic E-state index is 14.3. The number of nitrogens with zero attached hydrogens (tertiary/aromatic N) is 1. The van der Waals surface area contributed by atoms with Crippen molar-refractivity contribution in [2.45, 2.75) is 84.8 Å². The maximum atomic E-state index is 14.3. The minimum Gasteiger partial charge on any atom is -0.443 e. The predicted octanol–water partition coefficient (Wildman–Crippen LogP) is 7.44.